The molecule has 2 aromatic carbocycles. The zero-order valence-electron chi connectivity index (χ0n) is 11.4. The van der Waals surface area contributed by atoms with Crippen molar-refractivity contribution in [2.75, 3.05) is 5.32 Å². The van der Waals surface area contributed by atoms with Gasteiger partial charge in [0.15, 0.2) is 0 Å². The molecule has 0 saturated carbocycles. The van der Waals surface area contributed by atoms with Crippen LogP contribution >= 0.6 is 0 Å². The fourth-order valence-electron chi connectivity index (χ4n) is 2.16. The van der Waals surface area contributed by atoms with Crippen LogP contribution in [0.25, 0.3) is 0 Å². The lowest BCUT2D eigenvalue weighted by Gasteiger charge is -2.19. The number of anilines is 1. The van der Waals surface area contributed by atoms with E-state index >= 15 is 0 Å². The Kier molecular flexibility index (Phi) is 4.03. The Labute approximate surface area is 110 Å². The van der Waals surface area contributed by atoms with E-state index in [-0.39, 0.29) is 0 Å². The van der Waals surface area contributed by atoms with Crippen molar-refractivity contribution in [2.24, 2.45) is 0 Å². The van der Waals surface area contributed by atoms with E-state index in [4.69, 9.17) is 0 Å². The molecule has 1 nitrogen and oxygen atoms in total. The third-order valence-electron chi connectivity index (χ3n) is 3.25. The van der Waals surface area contributed by atoms with Gasteiger partial charge < -0.3 is 5.32 Å². The molecule has 0 aliphatic heterocycles. The van der Waals surface area contributed by atoms with Gasteiger partial charge >= 0.3 is 0 Å². The Morgan fingerprint density at radius 2 is 1.67 bits per heavy atom. The van der Waals surface area contributed by atoms with Gasteiger partial charge in [-0.05, 0) is 43.5 Å². The summed E-state index contributed by atoms with van der Waals surface area (Å²) in [4.78, 5) is 0. The molecule has 0 amide bonds. The van der Waals surface area contributed by atoms with Gasteiger partial charge in [-0.25, -0.2) is 0 Å². The second-order valence-electron chi connectivity index (χ2n) is 4.89. The largest absolute Gasteiger partial charge is 0.378 e. The monoisotopic (exact) mass is 239 g/mol. The van der Waals surface area contributed by atoms with Crippen molar-refractivity contribution in [1.82, 2.24) is 0 Å². The van der Waals surface area contributed by atoms with Crippen LogP contribution in [-0.4, -0.2) is 0 Å². The van der Waals surface area contributed by atoms with Crippen LogP contribution in [-0.2, 0) is 0 Å². The van der Waals surface area contributed by atoms with E-state index in [9.17, 15) is 0 Å². The van der Waals surface area contributed by atoms with Crippen molar-refractivity contribution in [3.8, 4) is 0 Å². The van der Waals surface area contributed by atoms with Gasteiger partial charge in [0.1, 0.15) is 0 Å². The smallest absolute Gasteiger partial charge is 0.0511 e. The lowest BCUT2D eigenvalue weighted by Crippen LogP contribution is -2.09. The second kappa shape index (κ2) is 5.72. The van der Waals surface area contributed by atoms with Gasteiger partial charge in [0.2, 0.25) is 0 Å². The molecule has 0 aliphatic rings. The normalized spacial score (nSPS) is 12.2. The summed E-state index contributed by atoms with van der Waals surface area (Å²) in [6, 6.07) is 17.7. The van der Waals surface area contributed by atoms with Crippen LogP contribution in [0.2, 0.25) is 0 Å². The zero-order chi connectivity index (χ0) is 13.0. The summed E-state index contributed by atoms with van der Waals surface area (Å²) in [6.45, 7) is 6.46. The molecule has 0 radical (unpaired) electrons. The van der Waals surface area contributed by atoms with Crippen LogP contribution < -0.4 is 5.32 Å². The van der Waals surface area contributed by atoms with E-state index in [1.165, 1.54) is 22.4 Å². The number of hydrogen-bond acceptors (Lipinski definition) is 1. The summed E-state index contributed by atoms with van der Waals surface area (Å²) in [5.74, 6) is 0. The molecule has 0 heterocycles. The van der Waals surface area contributed by atoms with Crippen molar-refractivity contribution >= 4 is 5.69 Å². The Morgan fingerprint density at radius 3 is 2.28 bits per heavy atom. The van der Waals surface area contributed by atoms with E-state index in [0.717, 1.165) is 6.42 Å². The average molecular weight is 239 g/mol. The molecule has 18 heavy (non-hydrogen) atoms. The standard InChI is InChI=1S/C17H21N/c1-4-17(15-10-8-13(2)9-11-15)18-16-7-5-6-14(3)12-16/h5-12,17-18H,4H2,1-3H3. The maximum Gasteiger partial charge on any atom is 0.0511 e. The fourth-order valence-corrected chi connectivity index (χ4v) is 2.16. The third kappa shape index (κ3) is 3.13. The third-order valence-corrected chi connectivity index (χ3v) is 3.25. The van der Waals surface area contributed by atoms with E-state index in [1.54, 1.807) is 0 Å². The molecule has 2 rings (SSSR count). The molecular weight excluding hydrogens is 218 g/mol. The highest BCUT2D eigenvalue weighted by Crippen LogP contribution is 2.23. The first-order chi connectivity index (χ1) is 8.69. The first-order valence-electron chi connectivity index (χ1n) is 6.59. The number of rotatable bonds is 4. The zero-order valence-corrected chi connectivity index (χ0v) is 11.4. The summed E-state index contributed by atoms with van der Waals surface area (Å²) >= 11 is 0. The minimum absolute atomic E-state index is 0.382. The van der Waals surface area contributed by atoms with Gasteiger partial charge in [0.05, 0.1) is 6.04 Å². The maximum absolute atomic E-state index is 3.61. The van der Waals surface area contributed by atoms with Gasteiger partial charge in [0.25, 0.3) is 0 Å². The minimum atomic E-state index is 0.382. The molecule has 0 spiro atoms. The molecule has 0 aliphatic carbocycles. The van der Waals surface area contributed by atoms with Crippen molar-refractivity contribution in [3.63, 3.8) is 0 Å². The molecular formula is C17H21N. The summed E-state index contributed by atoms with van der Waals surface area (Å²) < 4.78 is 0. The summed E-state index contributed by atoms with van der Waals surface area (Å²) in [6.07, 6.45) is 1.08. The van der Waals surface area contributed by atoms with Crippen LogP contribution in [0.4, 0.5) is 5.69 Å². The molecule has 1 heteroatoms. The van der Waals surface area contributed by atoms with E-state index < -0.39 is 0 Å². The molecule has 0 fully saturated rings. The van der Waals surface area contributed by atoms with Gasteiger partial charge in [-0.1, -0.05) is 48.9 Å². The fraction of sp³-hybridized carbons (Fsp3) is 0.294. The van der Waals surface area contributed by atoms with Gasteiger partial charge in [-0.15, -0.1) is 0 Å². The van der Waals surface area contributed by atoms with Crippen molar-refractivity contribution in [1.29, 1.82) is 0 Å². The highest BCUT2D eigenvalue weighted by atomic mass is 14.9. The molecule has 1 unspecified atom stereocenters. The predicted octanol–water partition coefficient (Wildman–Crippen LogP) is 4.87. The van der Waals surface area contributed by atoms with Crippen LogP contribution in [0.5, 0.6) is 0 Å². The van der Waals surface area contributed by atoms with Gasteiger partial charge in [-0.2, -0.15) is 0 Å². The average Bonchev–Trinajstić information content (AvgIpc) is 2.37. The Bertz CT molecular complexity index is 499. The Morgan fingerprint density at radius 1 is 0.944 bits per heavy atom. The lowest BCUT2D eigenvalue weighted by atomic mass is 10.0. The summed E-state index contributed by atoms with van der Waals surface area (Å²) in [5.41, 5.74) is 5.15. The predicted molar refractivity (Wildman–Crippen MR) is 79.0 cm³/mol. The SMILES string of the molecule is CCC(Nc1cccc(C)c1)c1ccc(C)cc1. The quantitative estimate of drug-likeness (QED) is 0.803. The molecule has 2 aromatic rings. The minimum Gasteiger partial charge on any atom is -0.378 e. The number of benzene rings is 2. The van der Waals surface area contributed by atoms with Crippen LogP contribution in [0, 0.1) is 13.8 Å². The highest BCUT2D eigenvalue weighted by Gasteiger charge is 2.08. The molecule has 1 atom stereocenters. The van der Waals surface area contributed by atoms with Gasteiger partial charge in [-0.3, -0.25) is 0 Å². The first-order valence-corrected chi connectivity index (χ1v) is 6.59. The van der Waals surface area contributed by atoms with Crippen LogP contribution in [0.15, 0.2) is 48.5 Å². The van der Waals surface area contributed by atoms with Crippen LogP contribution in [0.1, 0.15) is 36.1 Å². The van der Waals surface area contributed by atoms with Gasteiger partial charge in [0, 0.05) is 5.69 Å². The lowest BCUT2D eigenvalue weighted by molar-refractivity contribution is 0.749. The topological polar surface area (TPSA) is 12.0 Å². The molecule has 0 bridgehead atoms. The molecule has 1 N–H and O–H groups in total. The van der Waals surface area contributed by atoms with Crippen LogP contribution in [0.3, 0.4) is 0 Å². The highest BCUT2D eigenvalue weighted by molar-refractivity contribution is 5.47. The van der Waals surface area contributed by atoms with Crippen molar-refractivity contribution in [2.45, 2.75) is 33.2 Å². The number of aryl methyl sites for hydroxylation is 2. The summed E-state index contributed by atoms with van der Waals surface area (Å²) in [7, 11) is 0. The Hall–Kier alpha value is -1.76. The van der Waals surface area contributed by atoms with E-state index in [2.05, 4.69) is 74.6 Å². The second-order valence-corrected chi connectivity index (χ2v) is 4.89. The molecule has 94 valence electrons. The molecule has 0 aromatic heterocycles. The first kappa shape index (κ1) is 12.7. The molecule has 0 saturated heterocycles. The maximum atomic E-state index is 3.61. The van der Waals surface area contributed by atoms with Crippen molar-refractivity contribution in [3.05, 3.63) is 65.2 Å². The summed E-state index contributed by atoms with van der Waals surface area (Å²) in [5, 5.41) is 3.61. The van der Waals surface area contributed by atoms with E-state index in [1.807, 2.05) is 0 Å². The Balaban J connectivity index is 2.17. The number of hydrogen-bond donors (Lipinski definition) is 1. The van der Waals surface area contributed by atoms with Crippen molar-refractivity contribution < 1.29 is 0 Å². The van der Waals surface area contributed by atoms with E-state index in [0.29, 0.717) is 6.04 Å². The number of nitrogens with one attached hydrogen (secondary N) is 1.